The standard InChI is InChI=1S/C27H20F3N2.C14H15N2.Ir/c1-26(2,3)22-14-18(12-16-8-4-6-10-19(16)22)24-21-13-17-9-5-7-11-20(17)23(27(28,29)30)25(21)32-15-31-24;1-9-7-14(15-8-10(9)2)13-6-5-11(3)16-12(13)4;/h4-11,13-15H,1-3H3;5,7-8H,1-4H3;/q2*-1;/i;1D3,2D3,3D3,4D3;. The zero-order chi connectivity index (χ0) is 44.4. The van der Waals surface area contributed by atoms with Gasteiger partial charge in [0, 0.05) is 48.4 Å². The quantitative estimate of drug-likeness (QED) is 0.129. The predicted molar refractivity (Wildman–Crippen MR) is 188 cm³/mol. The van der Waals surface area contributed by atoms with Gasteiger partial charge in [0.2, 0.25) is 0 Å². The molecule has 0 saturated heterocycles. The molecule has 0 bridgehead atoms. The van der Waals surface area contributed by atoms with Crippen LogP contribution in [0.2, 0.25) is 0 Å². The van der Waals surface area contributed by atoms with Gasteiger partial charge in [0.1, 0.15) is 6.33 Å². The van der Waals surface area contributed by atoms with Gasteiger partial charge in [0.05, 0.1) is 11.1 Å². The van der Waals surface area contributed by atoms with Crippen molar-refractivity contribution >= 4 is 32.4 Å². The molecule has 0 spiro atoms. The molecule has 8 heteroatoms. The maximum atomic E-state index is 14.1. The molecule has 0 fully saturated rings. The first-order valence-electron chi connectivity index (χ1n) is 20.7. The number of alkyl halides is 3. The summed E-state index contributed by atoms with van der Waals surface area (Å²) in [5.74, 6) is 0. The second-order valence-electron chi connectivity index (χ2n) is 12.1. The van der Waals surface area contributed by atoms with Crippen LogP contribution in [0.5, 0.6) is 0 Å². The molecule has 0 aliphatic rings. The zero-order valence-corrected chi connectivity index (χ0v) is 28.7. The fourth-order valence-corrected chi connectivity index (χ4v) is 5.55. The summed E-state index contributed by atoms with van der Waals surface area (Å²) in [7, 11) is 0. The van der Waals surface area contributed by atoms with Gasteiger partial charge < -0.3 is 9.97 Å². The third-order valence-electron chi connectivity index (χ3n) is 7.75. The molecule has 0 amide bonds. The Bertz CT molecular complexity index is 2760. The average molecular weight is 845 g/mol. The van der Waals surface area contributed by atoms with Crippen molar-refractivity contribution in [3.05, 3.63) is 131 Å². The number of pyridine rings is 2. The number of aryl methyl sites for hydroxylation is 4. The smallest absolute Gasteiger partial charge is 0.354 e. The van der Waals surface area contributed by atoms with Gasteiger partial charge in [-0.05, 0) is 57.9 Å². The average Bonchev–Trinajstić information content (AvgIpc) is 3.13. The molecular weight excluding hydrogens is 798 g/mol. The summed E-state index contributed by atoms with van der Waals surface area (Å²) in [6.07, 6.45) is -2.49. The first-order chi connectivity index (χ1) is 27.6. The van der Waals surface area contributed by atoms with Gasteiger partial charge in [-0.1, -0.05) is 106 Å². The van der Waals surface area contributed by atoms with Crippen LogP contribution in [0, 0.1) is 39.5 Å². The van der Waals surface area contributed by atoms with Gasteiger partial charge in [0.15, 0.2) is 0 Å². The van der Waals surface area contributed by atoms with Gasteiger partial charge in [-0.15, -0.1) is 46.8 Å². The number of hydrogen-bond acceptors (Lipinski definition) is 4. The Morgan fingerprint density at radius 3 is 2.24 bits per heavy atom. The predicted octanol–water partition coefficient (Wildman–Crippen LogP) is 10.9. The zero-order valence-electron chi connectivity index (χ0n) is 38.3. The number of fused-ring (bicyclic) bond motifs is 3. The van der Waals surface area contributed by atoms with Crippen LogP contribution in [0.25, 0.3) is 55.0 Å². The molecule has 0 aliphatic carbocycles. The minimum atomic E-state index is -4.55. The van der Waals surface area contributed by atoms with E-state index >= 15 is 0 Å². The van der Waals surface area contributed by atoms with Crippen LogP contribution in [-0.2, 0) is 31.7 Å². The van der Waals surface area contributed by atoms with Crippen LogP contribution in [-0.4, -0.2) is 19.9 Å². The summed E-state index contributed by atoms with van der Waals surface area (Å²) in [5, 5.41) is 2.97. The molecule has 49 heavy (non-hydrogen) atoms. The van der Waals surface area contributed by atoms with Crippen LogP contribution in [0.15, 0.2) is 85.3 Å². The van der Waals surface area contributed by atoms with Crippen LogP contribution < -0.4 is 0 Å². The van der Waals surface area contributed by atoms with E-state index in [1.54, 1.807) is 24.3 Å². The molecule has 3 aromatic heterocycles. The SMILES string of the molecule is CC(C)(C)c1cc(-c2ncnc3c(C(F)(F)F)c4ccccc4cc23)[c-]c2ccccc12.[2H]C([2H])([2H])c1c[c-]c(-c2cc(C([2H])([2H])[2H])c(C([2H])([2H])[2H])cn2)c(C([2H])([2H])[2H])n1.[Ir]. The second-order valence-corrected chi connectivity index (χ2v) is 12.1. The third kappa shape index (κ3) is 7.26. The molecule has 0 unspecified atom stereocenters. The number of aromatic nitrogens is 4. The molecule has 4 nitrogen and oxygen atoms in total. The Balaban J connectivity index is 0.000000230. The minimum Gasteiger partial charge on any atom is -0.354 e. The Hall–Kier alpha value is -4.52. The summed E-state index contributed by atoms with van der Waals surface area (Å²) < 4.78 is 133. The van der Waals surface area contributed by atoms with E-state index in [9.17, 15) is 13.2 Å². The number of hydrogen-bond donors (Lipinski definition) is 0. The molecule has 7 aromatic rings. The topological polar surface area (TPSA) is 51.6 Å². The van der Waals surface area contributed by atoms with Gasteiger partial charge in [-0.25, -0.2) is 4.98 Å². The Morgan fingerprint density at radius 1 is 0.776 bits per heavy atom. The van der Waals surface area contributed by atoms with E-state index < -0.39 is 61.7 Å². The number of nitrogens with zero attached hydrogens (tertiary/aromatic N) is 4. The van der Waals surface area contributed by atoms with Crippen LogP contribution in [0.4, 0.5) is 13.2 Å². The minimum absolute atomic E-state index is 0. The largest absolute Gasteiger partial charge is 0.419 e. The number of halogens is 3. The normalized spacial score (nSPS) is 16.4. The first kappa shape index (κ1) is 23.0. The number of benzene rings is 4. The fraction of sp³-hybridized carbons (Fsp3) is 0.220. The van der Waals surface area contributed by atoms with E-state index in [1.807, 2.05) is 30.3 Å². The molecule has 4 aromatic carbocycles. The van der Waals surface area contributed by atoms with Crippen LogP contribution in [0.1, 0.15) is 70.9 Å². The van der Waals surface area contributed by atoms with Gasteiger partial charge in [-0.2, -0.15) is 13.2 Å². The van der Waals surface area contributed by atoms with Gasteiger partial charge in [0.25, 0.3) is 0 Å². The molecular formula is C41H35F3IrN4-2. The fourth-order valence-electron chi connectivity index (χ4n) is 5.55. The molecule has 0 atom stereocenters. The van der Waals surface area contributed by atoms with E-state index in [-0.39, 0.29) is 47.7 Å². The molecule has 251 valence electrons. The van der Waals surface area contributed by atoms with Crippen LogP contribution in [0.3, 0.4) is 0 Å². The molecule has 0 saturated carbocycles. The molecule has 0 N–H and O–H groups in total. The first-order valence-corrected chi connectivity index (χ1v) is 14.7. The van der Waals surface area contributed by atoms with Crippen molar-refractivity contribution in [1.82, 2.24) is 19.9 Å². The maximum Gasteiger partial charge on any atom is 0.419 e. The summed E-state index contributed by atoms with van der Waals surface area (Å²) in [4.78, 5) is 16.1. The second kappa shape index (κ2) is 13.8. The van der Waals surface area contributed by atoms with E-state index in [0.717, 1.165) is 34.7 Å². The van der Waals surface area contributed by atoms with E-state index in [2.05, 4.69) is 52.8 Å². The van der Waals surface area contributed by atoms with Crippen molar-refractivity contribution in [2.75, 3.05) is 0 Å². The van der Waals surface area contributed by atoms with Crippen molar-refractivity contribution in [2.45, 2.75) is 59.8 Å². The summed E-state index contributed by atoms with van der Waals surface area (Å²) in [5.41, 5.74) is -1.32. The Morgan fingerprint density at radius 2 is 1.53 bits per heavy atom. The van der Waals surface area contributed by atoms with E-state index in [0.29, 0.717) is 22.0 Å². The molecule has 0 aliphatic heterocycles. The summed E-state index contributed by atoms with van der Waals surface area (Å²) in [6, 6.07) is 26.0. The molecule has 7 rings (SSSR count). The molecule has 3 heterocycles. The monoisotopic (exact) mass is 845 g/mol. The van der Waals surface area contributed by atoms with Gasteiger partial charge in [-0.3, -0.25) is 4.98 Å². The van der Waals surface area contributed by atoms with E-state index in [1.165, 1.54) is 12.4 Å². The Kier molecular flexibility index (Phi) is 6.46. The van der Waals surface area contributed by atoms with Crippen molar-refractivity contribution in [3.8, 4) is 22.5 Å². The van der Waals surface area contributed by atoms with Crippen molar-refractivity contribution < 1.29 is 49.7 Å². The van der Waals surface area contributed by atoms with Crippen molar-refractivity contribution in [3.63, 3.8) is 0 Å². The number of rotatable bonds is 2. The molecule has 1 radical (unpaired) electrons. The van der Waals surface area contributed by atoms with Crippen molar-refractivity contribution in [2.24, 2.45) is 0 Å². The van der Waals surface area contributed by atoms with Gasteiger partial charge >= 0.3 is 6.18 Å². The van der Waals surface area contributed by atoms with Crippen molar-refractivity contribution in [1.29, 1.82) is 0 Å². The maximum absolute atomic E-state index is 14.1. The third-order valence-corrected chi connectivity index (χ3v) is 7.75. The summed E-state index contributed by atoms with van der Waals surface area (Å²) >= 11 is 0. The summed E-state index contributed by atoms with van der Waals surface area (Å²) in [6.45, 7) is -4.69. The Labute approximate surface area is 315 Å². The van der Waals surface area contributed by atoms with Crippen LogP contribution >= 0.6 is 0 Å². The van der Waals surface area contributed by atoms with E-state index in [4.69, 9.17) is 16.4 Å².